The van der Waals surface area contributed by atoms with Gasteiger partial charge in [-0.05, 0) is 0 Å². The molecule has 13 heavy (non-hydrogen) atoms. The van der Waals surface area contributed by atoms with Crippen molar-refractivity contribution >= 4 is 5.97 Å². The smallest absolute Gasteiger partial charge is 0.338 e. The zero-order chi connectivity index (χ0) is 10.4. The molecule has 0 spiro atoms. The molecular weight excluding hydrogens is 182 g/mol. The van der Waals surface area contributed by atoms with Gasteiger partial charge in [0.2, 0.25) is 0 Å². The molecule has 0 aliphatic carbocycles. The van der Waals surface area contributed by atoms with Crippen molar-refractivity contribution in [3.63, 3.8) is 0 Å². The second-order valence-electron chi connectivity index (χ2n) is 1.79. The van der Waals surface area contributed by atoms with Gasteiger partial charge in [-0.1, -0.05) is 13.8 Å². The minimum absolute atomic E-state index is 0.245. The fraction of sp³-hybridized carbons (Fsp3) is 0.429. The van der Waals surface area contributed by atoms with Crippen LogP contribution in [0.3, 0.4) is 0 Å². The van der Waals surface area contributed by atoms with Gasteiger partial charge in [-0.15, -0.1) is 0 Å². The van der Waals surface area contributed by atoms with Gasteiger partial charge in [0.25, 0.3) is 0 Å². The van der Waals surface area contributed by atoms with Crippen molar-refractivity contribution < 1.29 is 18.7 Å². The molecule has 0 unspecified atom stereocenters. The van der Waals surface area contributed by atoms with Crippen molar-refractivity contribution in [2.24, 2.45) is 0 Å². The summed E-state index contributed by atoms with van der Waals surface area (Å²) in [6.45, 7) is 1.21. The Morgan fingerprint density at radius 2 is 2.15 bits per heavy atom. The van der Waals surface area contributed by atoms with E-state index in [0.29, 0.717) is 0 Å². The third kappa shape index (κ3) is 3.18. The summed E-state index contributed by atoms with van der Waals surface area (Å²) in [5.74, 6) is -1.27. The lowest BCUT2D eigenvalue weighted by Gasteiger charge is -1.94. The fourth-order valence-electron chi connectivity index (χ4n) is 0.555. The van der Waals surface area contributed by atoms with Crippen LogP contribution < -0.4 is 0 Å². The third-order valence-electron chi connectivity index (χ3n) is 1.05. The molecule has 6 heteroatoms. The van der Waals surface area contributed by atoms with Crippen molar-refractivity contribution in [3.05, 3.63) is 18.0 Å². The van der Waals surface area contributed by atoms with Crippen LogP contribution in [0, 0.1) is 0 Å². The van der Waals surface area contributed by atoms with Gasteiger partial charge in [0.15, 0.2) is 0 Å². The topological polar surface area (TPSA) is 55.1 Å². The molecule has 0 fully saturated rings. The first-order valence-electron chi connectivity index (χ1n) is 3.67. The van der Waals surface area contributed by atoms with Crippen molar-refractivity contribution in [1.82, 2.24) is 9.78 Å². The van der Waals surface area contributed by atoms with E-state index in [2.05, 4.69) is 5.10 Å². The Balaban J connectivity index is 0.000000671. The summed E-state index contributed by atoms with van der Waals surface area (Å²) in [4.78, 5) is 10.1. The molecule has 0 radical (unpaired) electrons. The SMILES string of the molecule is CC.O=C(O)c1cnn(C(F)F)c1. The molecule has 74 valence electrons. The fourth-order valence-corrected chi connectivity index (χ4v) is 0.555. The van der Waals surface area contributed by atoms with Crippen LogP contribution in [0.1, 0.15) is 30.8 Å². The first-order valence-corrected chi connectivity index (χ1v) is 3.67. The summed E-state index contributed by atoms with van der Waals surface area (Å²) < 4.78 is 23.8. The van der Waals surface area contributed by atoms with Crippen LogP contribution in [-0.4, -0.2) is 20.9 Å². The molecule has 0 saturated carbocycles. The lowest BCUT2D eigenvalue weighted by atomic mass is 10.4. The minimum Gasteiger partial charge on any atom is -0.478 e. The number of carbonyl (C=O) groups is 1. The number of hydrogen-bond donors (Lipinski definition) is 1. The minimum atomic E-state index is -2.79. The Morgan fingerprint density at radius 1 is 1.62 bits per heavy atom. The van der Waals surface area contributed by atoms with Crippen LogP contribution in [0.2, 0.25) is 0 Å². The third-order valence-corrected chi connectivity index (χ3v) is 1.05. The normalized spacial score (nSPS) is 9.31. The van der Waals surface area contributed by atoms with E-state index >= 15 is 0 Å². The van der Waals surface area contributed by atoms with Crippen LogP contribution in [-0.2, 0) is 0 Å². The van der Waals surface area contributed by atoms with Crippen LogP contribution in [0.5, 0.6) is 0 Å². The van der Waals surface area contributed by atoms with E-state index in [4.69, 9.17) is 5.11 Å². The number of carboxylic acid groups (broad SMARTS) is 1. The number of halogens is 2. The highest BCUT2D eigenvalue weighted by Gasteiger charge is 2.10. The largest absolute Gasteiger partial charge is 0.478 e. The van der Waals surface area contributed by atoms with Gasteiger partial charge in [-0.25, -0.2) is 9.48 Å². The number of rotatable bonds is 2. The molecule has 0 atom stereocenters. The van der Waals surface area contributed by atoms with Gasteiger partial charge in [0.05, 0.1) is 11.8 Å². The van der Waals surface area contributed by atoms with Crippen LogP contribution >= 0.6 is 0 Å². The number of alkyl halides is 2. The van der Waals surface area contributed by atoms with E-state index in [1.54, 1.807) is 0 Å². The zero-order valence-corrected chi connectivity index (χ0v) is 7.24. The Bertz CT molecular complexity index is 273. The summed E-state index contributed by atoms with van der Waals surface area (Å²) >= 11 is 0. The Labute approximate surface area is 73.8 Å². The van der Waals surface area contributed by atoms with E-state index in [0.717, 1.165) is 12.4 Å². The predicted molar refractivity (Wildman–Crippen MR) is 41.8 cm³/mol. The van der Waals surface area contributed by atoms with E-state index in [-0.39, 0.29) is 10.2 Å². The highest BCUT2D eigenvalue weighted by atomic mass is 19.3. The van der Waals surface area contributed by atoms with Crippen molar-refractivity contribution in [1.29, 1.82) is 0 Å². The molecule has 0 saturated heterocycles. The Hall–Kier alpha value is -1.46. The summed E-state index contributed by atoms with van der Waals surface area (Å²) in [7, 11) is 0. The monoisotopic (exact) mass is 192 g/mol. The zero-order valence-electron chi connectivity index (χ0n) is 7.24. The molecule has 1 N–H and O–H groups in total. The van der Waals surface area contributed by atoms with Gasteiger partial charge in [-0.2, -0.15) is 13.9 Å². The Kier molecular flexibility index (Phi) is 4.64. The van der Waals surface area contributed by atoms with Gasteiger partial charge in [0, 0.05) is 6.20 Å². The molecule has 1 rings (SSSR count). The quantitative estimate of drug-likeness (QED) is 0.779. The maximum Gasteiger partial charge on any atom is 0.338 e. The molecule has 1 aromatic rings. The first-order chi connectivity index (χ1) is 6.11. The molecular formula is C7H10F2N2O2. The molecule has 0 aliphatic rings. The van der Waals surface area contributed by atoms with Crippen LogP contribution in [0.4, 0.5) is 8.78 Å². The van der Waals surface area contributed by atoms with Gasteiger partial charge < -0.3 is 5.11 Å². The summed E-state index contributed by atoms with van der Waals surface area (Å²) in [6, 6.07) is 0. The molecule has 0 amide bonds. The maximum atomic E-state index is 11.8. The van der Waals surface area contributed by atoms with E-state index in [9.17, 15) is 13.6 Å². The summed E-state index contributed by atoms with van der Waals surface area (Å²) in [6.07, 6.45) is 1.64. The number of hydrogen-bond acceptors (Lipinski definition) is 2. The van der Waals surface area contributed by atoms with Crippen LogP contribution in [0.15, 0.2) is 12.4 Å². The van der Waals surface area contributed by atoms with Crippen LogP contribution in [0.25, 0.3) is 0 Å². The highest BCUT2D eigenvalue weighted by molar-refractivity contribution is 5.86. The van der Waals surface area contributed by atoms with Gasteiger partial charge >= 0.3 is 12.5 Å². The number of aromatic carboxylic acids is 1. The molecule has 1 aromatic heterocycles. The Morgan fingerprint density at radius 3 is 2.38 bits per heavy atom. The molecule has 4 nitrogen and oxygen atoms in total. The average Bonchev–Trinajstić information content (AvgIpc) is 2.56. The lowest BCUT2D eigenvalue weighted by molar-refractivity contribution is 0.0563. The number of carboxylic acids is 1. The first kappa shape index (κ1) is 11.5. The lowest BCUT2D eigenvalue weighted by Crippen LogP contribution is -1.98. The average molecular weight is 192 g/mol. The van der Waals surface area contributed by atoms with E-state index in [1.165, 1.54) is 0 Å². The highest BCUT2D eigenvalue weighted by Crippen LogP contribution is 2.08. The van der Waals surface area contributed by atoms with Crippen molar-refractivity contribution in [2.75, 3.05) is 0 Å². The summed E-state index contributed by atoms with van der Waals surface area (Å²) in [5.41, 5.74) is -0.245. The number of aromatic nitrogens is 2. The molecule has 0 aromatic carbocycles. The van der Waals surface area contributed by atoms with E-state index in [1.807, 2.05) is 13.8 Å². The van der Waals surface area contributed by atoms with Gasteiger partial charge in [0.1, 0.15) is 0 Å². The second-order valence-corrected chi connectivity index (χ2v) is 1.79. The summed E-state index contributed by atoms with van der Waals surface area (Å²) in [5, 5.41) is 11.4. The van der Waals surface area contributed by atoms with Crippen molar-refractivity contribution in [3.8, 4) is 0 Å². The number of nitrogens with zero attached hydrogens (tertiary/aromatic N) is 2. The molecule has 1 heterocycles. The molecule has 0 aliphatic heterocycles. The van der Waals surface area contributed by atoms with E-state index < -0.39 is 12.5 Å². The molecule has 0 bridgehead atoms. The maximum absolute atomic E-state index is 11.8. The predicted octanol–water partition coefficient (Wildman–Crippen LogP) is 2.00. The van der Waals surface area contributed by atoms with Gasteiger partial charge in [-0.3, -0.25) is 0 Å². The second kappa shape index (κ2) is 5.23. The van der Waals surface area contributed by atoms with Crippen molar-refractivity contribution in [2.45, 2.75) is 20.4 Å². The standard InChI is InChI=1S/C5H4F2N2O2.C2H6/c6-5(7)9-2-3(1-8-9)4(10)11;1-2/h1-2,5H,(H,10,11);1-2H3.